The van der Waals surface area contributed by atoms with Gasteiger partial charge in [-0.25, -0.2) is 4.98 Å². The molecule has 6 heteroatoms. The Kier molecular flexibility index (Phi) is 6.64. The molecule has 1 aliphatic rings. The lowest BCUT2D eigenvalue weighted by Crippen LogP contribution is -2.38. The zero-order valence-electron chi connectivity index (χ0n) is 20.9. The SMILES string of the molecule is C=C(Nc1cc2cc(-c3cnn(C)c3)ccc2cn1)c1ccnc(CC2CCN(C(C)C)CC2)c1. The lowest BCUT2D eigenvalue weighted by molar-refractivity contribution is 0.149. The third-order valence-corrected chi connectivity index (χ3v) is 7.08. The van der Waals surface area contributed by atoms with E-state index in [0.717, 1.165) is 51.1 Å². The maximum Gasteiger partial charge on any atom is 0.130 e. The molecule has 5 rings (SSSR count). The number of fused-ring (bicyclic) bond motifs is 1. The number of aromatic nitrogens is 4. The number of likely N-dealkylation sites (tertiary alicyclic amines) is 1. The van der Waals surface area contributed by atoms with E-state index in [-0.39, 0.29) is 0 Å². The average Bonchev–Trinajstić information content (AvgIpc) is 3.30. The summed E-state index contributed by atoms with van der Waals surface area (Å²) in [5.41, 5.74) is 5.27. The van der Waals surface area contributed by atoms with Gasteiger partial charge in [0.05, 0.1) is 6.20 Å². The van der Waals surface area contributed by atoms with Crippen LogP contribution in [0.4, 0.5) is 5.82 Å². The summed E-state index contributed by atoms with van der Waals surface area (Å²) in [4.78, 5) is 11.8. The van der Waals surface area contributed by atoms with Gasteiger partial charge in [0.2, 0.25) is 0 Å². The molecule has 4 aromatic rings. The fraction of sp³-hybridized carbons (Fsp3) is 0.345. The van der Waals surface area contributed by atoms with Crippen LogP contribution in [0.5, 0.6) is 0 Å². The summed E-state index contributed by atoms with van der Waals surface area (Å²) in [6.07, 6.45) is 11.2. The standard InChI is InChI=1S/C29H34N6/c1-20(2)35-11-8-22(9-12-35)13-28-15-23(7-10-30-28)21(3)33-29-16-26-14-24(5-6-25(26)17-31-29)27-18-32-34(4)19-27/h5-7,10,14-20,22H,3,8-9,11-13H2,1-2,4H3,(H,31,33). The van der Waals surface area contributed by atoms with Crippen LogP contribution in [0.1, 0.15) is 37.9 Å². The van der Waals surface area contributed by atoms with E-state index in [1.807, 2.05) is 42.6 Å². The Morgan fingerprint density at radius 2 is 1.86 bits per heavy atom. The Morgan fingerprint density at radius 1 is 1.03 bits per heavy atom. The molecule has 3 aromatic heterocycles. The second-order valence-electron chi connectivity index (χ2n) is 9.95. The summed E-state index contributed by atoms with van der Waals surface area (Å²) in [7, 11) is 1.93. The van der Waals surface area contributed by atoms with Crippen LogP contribution in [0.3, 0.4) is 0 Å². The van der Waals surface area contributed by atoms with Crippen LogP contribution >= 0.6 is 0 Å². The normalized spacial score (nSPS) is 15.1. The van der Waals surface area contributed by atoms with E-state index in [0.29, 0.717) is 12.0 Å². The predicted octanol–water partition coefficient (Wildman–Crippen LogP) is 5.78. The molecule has 180 valence electrons. The molecule has 35 heavy (non-hydrogen) atoms. The van der Waals surface area contributed by atoms with Crippen molar-refractivity contribution >= 4 is 22.3 Å². The van der Waals surface area contributed by atoms with E-state index in [2.05, 4.69) is 76.0 Å². The zero-order valence-corrected chi connectivity index (χ0v) is 20.9. The molecule has 0 atom stereocenters. The number of hydrogen-bond donors (Lipinski definition) is 1. The molecule has 1 aromatic carbocycles. The number of benzene rings is 1. The van der Waals surface area contributed by atoms with E-state index >= 15 is 0 Å². The highest BCUT2D eigenvalue weighted by Gasteiger charge is 2.21. The van der Waals surface area contributed by atoms with Gasteiger partial charge in [0, 0.05) is 59.6 Å². The minimum atomic E-state index is 0.637. The highest BCUT2D eigenvalue weighted by molar-refractivity contribution is 5.89. The van der Waals surface area contributed by atoms with Crippen molar-refractivity contribution in [2.24, 2.45) is 13.0 Å². The van der Waals surface area contributed by atoms with E-state index in [1.165, 1.54) is 25.9 Å². The van der Waals surface area contributed by atoms with Crippen molar-refractivity contribution in [1.82, 2.24) is 24.6 Å². The molecule has 4 heterocycles. The Labute approximate surface area is 207 Å². The van der Waals surface area contributed by atoms with Gasteiger partial charge in [0.25, 0.3) is 0 Å². The van der Waals surface area contributed by atoms with E-state index in [4.69, 9.17) is 0 Å². The van der Waals surface area contributed by atoms with Crippen LogP contribution in [0.15, 0.2) is 67.8 Å². The van der Waals surface area contributed by atoms with Crippen LogP contribution in [0.25, 0.3) is 27.6 Å². The van der Waals surface area contributed by atoms with Crippen molar-refractivity contribution in [3.8, 4) is 11.1 Å². The maximum atomic E-state index is 4.65. The molecule has 1 N–H and O–H groups in total. The minimum Gasteiger partial charge on any atom is -0.340 e. The molecular weight excluding hydrogens is 432 g/mol. The van der Waals surface area contributed by atoms with Crippen LogP contribution in [0, 0.1) is 5.92 Å². The first-order valence-corrected chi connectivity index (χ1v) is 12.5. The molecule has 0 radical (unpaired) electrons. The zero-order chi connectivity index (χ0) is 24.4. The largest absolute Gasteiger partial charge is 0.340 e. The Balaban J connectivity index is 1.27. The van der Waals surface area contributed by atoms with Gasteiger partial charge in [-0.1, -0.05) is 18.7 Å². The summed E-state index contributed by atoms with van der Waals surface area (Å²) in [5, 5.41) is 9.92. The number of pyridine rings is 2. The van der Waals surface area contributed by atoms with E-state index in [9.17, 15) is 0 Å². The fourth-order valence-corrected chi connectivity index (χ4v) is 4.93. The highest BCUT2D eigenvalue weighted by atomic mass is 15.2. The van der Waals surface area contributed by atoms with Gasteiger partial charge in [-0.15, -0.1) is 0 Å². The number of rotatable bonds is 7. The van der Waals surface area contributed by atoms with Gasteiger partial charge in [0.15, 0.2) is 0 Å². The van der Waals surface area contributed by atoms with Crippen LogP contribution in [-0.2, 0) is 13.5 Å². The number of anilines is 1. The number of aryl methyl sites for hydroxylation is 1. The van der Waals surface area contributed by atoms with Crippen molar-refractivity contribution < 1.29 is 0 Å². The Morgan fingerprint density at radius 3 is 2.60 bits per heavy atom. The maximum absolute atomic E-state index is 4.65. The summed E-state index contributed by atoms with van der Waals surface area (Å²) < 4.78 is 1.82. The molecule has 6 nitrogen and oxygen atoms in total. The quantitative estimate of drug-likeness (QED) is 0.374. The lowest BCUT2D eigenvalue weighted by Gasteiger charge is -2.34. The molecule has 1 aliphatic heterocycles. The van der Waals surface area contributed by atoms with Crippen molar-refractivity contribution in [2.45, 2.75) is 39.2 Å². The van der Waals surface area contributed by atoms with Crippen LogP contribution in [0.2, 0.25) is 0 Å². The number of nitrogens with one attached hydrogen (secondary N) is 1. The molecular formula is C29H34N6. The second kappa shape index (κ2) is 10.0. The van der Waals surface area contributed by atoms with Gasteiger partial charge < -0.3 is 10.2 Å². The molecule has 0 bridgehead atoms. The molecule has 0 aliphatic carbocycles. The van der Waals surface area contributed by atoms with Crippen LogP contribution < -0.4 is 5.32 Å². The number of hydrogen-bond acceptors (Lipinski definition) is 5. The summed E-state index contributed by atoms with van der Waals surface area (Å²) in [6, 6.07) is 13.3. The first-order chi connectivity index (χ1) is 16.9. The minimum absolute atomic E-state index is 0.637. The molecule has 0 spiro atoms. The van der Waals surface area contributed by atoms with Gasteiger partial charge in [-0.05, 0) is 87.3 Å². The summed E-state index contributed by atoms with van der Waals surface area (Å²) in [5.74, 6) is 1.48. The molecule has 0 amide bonds. The van der Waals surface area contributed by atoms with Gasteiger partial charge in [-0.2, -0.15) is 5.10 Å². The topological polar surface area (TPSA) is 58.9 Å². The van der Waals surface area contributed by atoms with Crippen molar-refractivity contribution in [3.05, 3.63) is 79.0 Å². The van der Waals surface area contributed by atoms with E-state index in [1.54, 1.807) is 0 Å². The Hall–Kier alpha value is -3.51. The first kappa shape index (κ1) is 23.2. The molecule has 0 saturated carbocycles. The third-order valence-electron chi connectivity index (χ3n) is 7.08. The summed E-state index contributed by atoms with van der Waals surface area (Å²) in [6.45, 7) is 11.2. The monoisotopic (exact) mass is 466 g/mol. The molecule has 0 unspecified atom stereocenters. The van der Waals surface area contributed by atoms with Crippen LogP contribution in [-0.4, -0.2) is 43.8 Å². The molecule has 1 fully saturated rings. The van der Waals surface area contributed by atoms with Crippen molar-refractivity contribution in [3.63, 3.8) is 0 Å². The number of nitrogens with zero attached hydrogens (tertiary/aromatic N) is 5. The van der Waals surface area contributed by atoms with E-state index < -0.39 is 0 Å². The van der Waals surface area contributed by atoms with Gasteiger partial charge in [0.1, 0.15) is 5.82 Å². The smallest absolute Gasteiger partial charge is 0.130 e. The number of piperidine rings is 1. The summed E-state index contributed by atoms with van der Waals surface area (Å²) >= 11 is 0. The lowest BCUT2D eigenvalue weighted by atomic mass is 9.91. The fourth-order valence-electron chi connectivity index (χ4n) is 4.93. The van der Waals surface area contributed by atoms with Crippen molar-refractivity contribution in [1.29, 1.82) is 0 Å². The van der Waals surface area contributed by atoms with Crippen molar-refractivity contribution in [2.75, 3.05) is 18.4 Å². The van der Waals surface area contributed by atoms with Gasteiger partial charge in [-0.3, -0.25) is 9.67 Å². The molecule has 1 saturated heterocycles. The predicted molar refractivity (Wildman–Crippen MR) is 144 cm³/mol. The van der Waals surface area contributed by atoms with Gasteiger partial charge >= 0.3 is 0 Å². The average molecular weight is 467 g/mol. The Bertz CT molecular complexity index is 1330. The first-order valence-electron chi connectivity index (χ1n) is 12.5. The third kappa shape index (κ3) is 5.43. The second-order valence-corrected chi connectivity index (χ2v) is 9.95. The highest BCUT2D eigenvalue weighted by Crippen LogP contribution is 2.27.